The molecule has 2 aromatic carbocycles. The van der Waals surface area contributed by atoms with Gasteiger partial charge < -0.3 is 35.8 Å². The molecule has 348 valence electrons. The van der Waals surface area contributed by atoms with Gasteiger partial charge in [0.1, 0.15) is 40.0 Å². The molecule has 8 unspecified atom stereocenters. The van der Waals surface area contributed by atoms with E-state index in [2.05, 4.69) is 21.3 Å². The third-order valence-corrected chi connectivity index (χ3v) is 12.2. The summed E-state index contributed by atoms with van der Waals surface area (Å²) in [7, 11) is -0.856. The van der Waals surface area contributed by atoms with Crippen LogP contribution in [0.4, 0.5) is 0 Å². The molecule has 1 fully saturated rings. The largest absolute Gasteiger partial charge is 0.452 e. The van der Waals surface area contributed by atoms with E-state index in [1.54, 1.807) is 81.4 Å². The Labute approximate surface area is 372 Å². The molecule has 0 radical (unpaired) electrons. The maximum atomic E-state index is 14.6. The number of likely N-dealkylation sites (N-methyl/N-ethyl adjacent to an activating group) is 2. The number of hydrogen-bond acceptors (Lipinski definition) is 10. The first-order valence-corrected chi connectivity index (χ1v) is 23.8. The van der Waals surface area contributed by atoms with Gasteiger partial charge in [-0.15, -0.1) is 0 Å². The highest BCUT2D eigenvalue weighted by Crippen LogP contribution is 2.21. The molecule has 0 aromatic heterocycles. The maximum Gasteiger partial charge on any atom is 0.311 e. The monoisotopic (exact) mass is 896 g/mol. The second-order valence-electron chi connectivity index (χ2n) is 17.5. The van der Waals surface area contributed by atoms with Crippen LogP contribution in [0.25, 0.3) is 0 Å². The van der Waals surface area contributed by atoms with E-state index >= 15 is 0 Å². The molecule has 16 nitrogen and oxygen atoms in total. The number of rotatable bonds is 12. The molecule has 1 saturated heterocycles. The quantitative estimate of drug-likeness (QED) is 0.229. The molecule has 0 spiro atoms. The first-order chi connectivity index (χ1) is 29.5. The van der Waals surface area contributed by atoms with Gasteiger partial charge in [-0.05, 0) is 56.1 Å². The zero-order chi connectivity index (χ0) is 47.2. The van der Waals surface area contributed by atoms with E-state index < -0.39 is 111 Å². The summed E-state index contributed by atoms with van der Waals surface area (Å²) in [6, 6.07) is 10.6. The summed E-state index contributed by atoms with van der Waals surface area (Å²) < 4.78 is 30.9. The van der Waals surface area contributed by atoms with Crippen molar-refractivity contribution in [2.24, 2.45) is 17.8 Å². The molecule has 63 heavy (non-hydrogen) atoms. The van der Waals surface area contributed by atoms with E-state index in [9.17, 15) is 42.0 Å². The lowest BCUT2D eigenvalue weighted by molar-refractivity contribution is -0.168. The molecule has 0 bridgehead atoms. The Morgan fingerprint density at radius 3 is 1.70 bits per heavy atom. The van der Waals surface area contributed by atoms with Crippen LogP contribution in [0, 0.1) is 17.8 Å². The van der Waals surface area contributed by atoms with Crippen molar-refractivity contribution in [2.75, 3.05) is 26.1 Å². The van der Waals surface area contributed by atoms with Gasteiger partial charge in [0.2, 0.25) is 29.5 Å². The highest BCUT2D eigenvalue weighted by molar-refractivity contribution is 7.90. The Balaban J connectivity index is 2.24. The van der Waals surface area contributed by atoms with Crippen LogP contribution in [0.15, 0.2) is 60.7 Å². The molecule has 1 aliphatic rings. The fourth-order valence-electron chi connectivity index (χ4n) is 7.38. The van der Waals surface area contributed by atoms with E-state index in [4.69, 9.17) is 4.74 Å². The minimum atomic E-state index is -3.68. The average Bonchev–Trinajstić information content (AvgIpc) is 3.23. The minimum absolute atomic E-state index is 0.0303. The summed E-state index contributed by atoms with van der Waals surface area (Å²) >= 11 is 0. The Morgan fingerprint density at radius 2 is 1.17 bits per heavy atom. The topological polar surface area (TPSA) is 217 Å². The van der Waals surface area contributed by atoms with Crippen LogP contribution in [-0.2, 0) is 61.0 Å². The van der Waals surface area contributed by atoms with Crippen LogP contribution in [0.2, 0.25) is 0 Å². The van der Waals surface area contributed by atoms with Crippen LogP contribution >= 0.6 is 0 Å². The molecule has 0 aliphatic carbocycles. The second-order valence-corrected chi connectivity index (χ2v) is 19.8. The summed E-state index contributed by atoms with van der Waals surface area (Å²) in [6.45, 7) is 12.1. The molecule has 17 heteroatoms. The lowest BCUT2D eigenvalue weighted by Gasteiger charge is -2.35. The fraction of sp³-hybridized carbons (Fsp3) is 0.587. The molecule has 8 atom stereocenters. The third kappa shape index (κ3) is 15.8. The molecular weight excluding hydrogens is 829 g/mol. The van der Waals surface area contributed by atoms with Gasteiger partial charge in [0.15, 0.2) is 6.10 Å². The standard InChI is InChI=1S/C46H68N6O10S/c1-11-18-34-30(6)46(59)62-39(29(4)5)45(58)52(9)38(27-33-21-16-13-17-22-33)43(56)49-35(23-24-63(10,60)61)41(54)50-36(26-32-19-14-12-15-20-32)44(57)51(8)37(25-28(2)3)42(55)47-31(7)40(53)48-34/h12-17,19-22,28-31,34-39H,11,18,23-27H2,1-10H3,(H,47,55)(H,48,53)(H,49,56)(H,50,54). The predicted molar refractivity (Wildman–Crippen MR) is 239 cm³/mol. The number of hydrogen-bond donors (Lipinski definition) is 4. The Kier molecular flexibility index (Phi) is 19.8. The van der Waals surface area contributed by atoms with Gasteiger partial charge in [0.25, 0.3) is 5.91 Å². The number of benzene rings is 2. The SMILES string of the molecule is CCCC1NC(=O)C(C)NC(=O)C(CC(C)C)N(C)C(=O)C(Cc2ccccc2)NC(=O)C(CCS(C)(=O)=O)NC(=O)C(Cc2ccccc2)N(C)C(=O)C(C(C)C)OC(=O)C1C. The van der Waals surface area contributed by atoms with Gasteiger partial charge in [-0.3, -0.25) is 33.6 Å². The molecular formula is C46H68N6O10S. The molecule has 4 N–H and O–H groups in total. The van der Waals surface area contributed by atoms with E-state index in [0.29, 0.717) is 24.0 Å². The predicted octanol–water partition coefficient (Wildman–Crippen LogP) is 2.58. The number of carbonyl (C=O) groups excluding carboxylic acids is 7. The van der Waals surface area contributed by atoms with E-state index in [1.807, 2.05) is 20.8 Å². The van der Waals surface area contributed by atoms with Crippen molar-refractivity contribution >= 4 is 51.2 Å². The first kappa shape index (κ1) is 52.0. The minimum Gasteiger partial charge on any atom is -0.452 e. The van der Waals surface area contributed by atoms with Gasteiger partial charge in [-0.1, -0.05) is 102 Å². The summed E-state index contributed by atoms with van der Waals surface area (Å²) in [5.41, 5.74) is 1.32. The number of amides is 6. The van der Waals surface area contributed by atoms with Crippen molar-refractivity contribution in [3.05, 3.63) is 71.8 Å². The van der Waals surface area contributed by atoms with Gasteiger partial charge in [0, 0.05) is 39.2 Å². The first-order valence-electron chi connectivity index (χ1n) is 21.7. The number of nitrogens with one attached hydrogen (secondary N) is 4. The van der Waals surface area contributed by atoms with Crippen LogP contribution < -0.4 is 21.3 Å². The van der Waals surface area contributed by atoms with Crippen LogP contribution in [0.1, 0.15) is 85.3 Å². The molecule has 6 amide bonds. The van der Waals surface area contributed by atoms with E-state index in [-0.39, 0.29) is 31.6 Å². The lowest BCUT2D eigenvalue weighted by Crippen LogP contribution is -2.61. The van der Waals surface area contributed by atoms with Crippen molar-refractivity contribution < 1.29 is 46.7 Å². The van der Waals surface area contributed by atoms with Gasteiger partial charge in [-0.25, -0.2) is 8.42 Å². The maximum absolute atomic E-state index is 14.6. The number of carbonyl (C=O) groups is 7. The molecule has 3 rings (SSSR count). The smallest absolute Gasteiger partial charge is 0.311 e. The van der Waals surface area contributed by atoms with Gasteiger partial charge >= 0.3 is 5.97 Å². The molecule has 0 saturated carbocycles. The van der Waals surface area contributed by atoms with Crippen molar-refractivity contribution in [1.29, 1.82) is 0 Å². The number of nitrogens with zero attached hydrogens (tertiary/aromatic N) is 2. The third-order valence-electron chi connectivity index (χ3n) is 11.3. The molecule has 2 aromatic rings. The molecule has 1 aliphatic heterocycles. The number of cyclic esters (lactones) is 1. The van der Waals surface area contributed by atoms with Gasteiger partial charge in [-0.2, -0.15) is 0 Å². The zero-order valence-corrected chi connectivity index (χ0v) is 39.2. The number of ether oxygens (including phenoxy) is 1. The Morgan fingerprint density at radius 1 is 0.651 bits per heavy atom. The normalized spacial score (nSPS) is 25.7. The highest BCUT2D eigenvalue weighted by Gasteiger charge is 2.40. The van der Waals surface area contributed by atoms with Crippen LogP contribution in [0.5, 0.6) is 0 Å². The van der Waals surface area contributed by atoms with Crippen molar-refractivity contribution in [1.82, 2.24) is 31.1 Å². The van der Waals surface area contributed by atoms with Crippen molar-refractivity contribution in [3.8, 4) is 0 Å². The summed E-state index contributed by atoms with van der Waals surface area (Å²) in [4.78, 5) is 102. The average molecular weight is 897 g/mol. The molecule has 1 heterocycles. The zero-order valence-electron chi connectivity index (χ0n) is 38.4. The van der Waals surface area contributed by atoms with Crippen molar-refractivity contribution in [3.63, 3.8) is 0 Å². The Bertz CT molecular complexity index is 2000. The number of esters is 1. The van der Waals surface area contributed by atoms with Crippen LogP contribution in [-0.4, -0.2) is 128 Å². The van der Waals surface area contributed by atoms with E-state index in [1.165, 1.54) is 25.9 Å². The Hall–Kier alpha value is -5.32. The van der Waals surface area contributed by atoms with Crippen LogP contribution in [0.3, 0.4) is 0 Å². The highest BCUT2D eigenvalue weighted by atomic mass is 32.2. The summed E-state index contributed by atoms with van der Waals surface area (Å²) in [5.74, 6) is -7.12. The lowest BCUT2D eigenvalue weighted by atomic mass is 9.96. The van der Waals surface area contributed by atoms with Gasteiger partial charge in [0.05, 0.1) is 11.7 Å². The summed E-state index contributed by atoms with van der Waals surface area (Å²) in [6.07, 6.45) is 0.310. The number of sulfone groups is 1. The fourth-order valence-corrected chi connectivity index (χ4v) is 8.05. The van der Waals surface area contributed by atoms with E-state index in [0.717, 1.165) is 11.2 Å². The second kappa shape index (κ2) is 23.9. The van der Waals surface area contributed by atoms with Crippen molar-refractivity contribution in [2.45, 2.75) is 129 Å². The summed E-state index contributed by atoms with van der Waals surface area (Å²) in [5, 5.41) is 11.1.